The van der Waals surface area contributed by atoms with Gasteiger partial charge in [0.05, 0.1) is 11.2 Å². The Morgan fingerprint density at radius 3 is 2.31 bits per heavy atom. The number of nitrogens with zero attached hydrogens (tertiary/aromatic N) is 2. The predicted octanol–water partition coefficient (Wildman–Crippen LogP) is 14.6. The Kier molecular flexibility index (Phi) is 11.9. The quantitative estimate of drug-likeness (QED) is 0.139. The lowest BCUT2D eigenvalue weighted by Crippen LogP contribution is -2.20. The molecule has 2 heteroatoms. The lowest BCUT2D eigenvalue weighted by molar-refractivity contribution is 0.496. The first-order valence-corrected chi connectivity index (χ1v) is 20.4. The minimum Gasteiger partial charge on any atom is -0.298 e. The Labute approximate surface area is 329 Å². The van der Waals surface area contributed by atoms with Gasteiger partial charge in [0, 0.05) is 22.1 Å². The minimum absolute atomic E-state index is 0.0404. The van der Waals surface area contributed by atoms with Crippen molar-refractivity contribution in [3.05, 3.63) is 186 Å². The summed E-state index contributed by atoms with van der Waals surface area (Å²) >= 11 is 0. The molecule has 0 fully saturated rings. The van der Waals surface area contributed by atoms with Gasteiger partial charge in [-0.1, -0.05) is 180 Å². The van der Waals surface area contributed by atoms with E-state index in [2.05, 4.69) is 203 Å². The maximum absolute atomic E-state index is 5.50. The van der Waals surface area contributed by atoms with Crippen LogP contribution in [0.15, 0.2) is 163 Å². The summed E-state index contributed by atoms with van der Waals surface area (Å²) in [7, 11) is 0. The van der Waals surface area contributed by atoms with Gasteiger partial charge in [-0.25, -0.2) is 4.98 Å². The Morgan fingerprint density at radius 1 is 0.836 bits per heavy atom. The summed E-state index contributed by atoms with van der Waals surface area (Å²) in [5, 5.41) is 1.29. The summed E-state index contributed by atoms with van der Waals surface area (Å²) in [5.74, 6) is 1.80. The van der Waals surface area contributed by atoms with Crippen LogP contribution < -0.4 is 0 Å². The molecule has 3 aromatic carbocycles. The van der Waals surface area contributed by atoms with Gasteiger partial charge in [-0.05, 0) is 103 Å². The van der Waals surface area contributed by atoms with E-state index in [1.807, 2.05) is 0 Å². The minimum atomic E-state index is 0.0404. The molecule has 2 heterocycles. The number of benzene rings is 3. The first-order chi connectivity index (χ1) is 26.9. The van der Waals surface area contributed by atoms with Crippen LogP contribution in [0.25, 0.3) is 45.1 Å². The molecule has 2 nitrogen and oxygen atoms in total. The van der Waals surface area contributed by atoms with Crippen LogP contribution in [0.1, 0.15) is 89.2 Å². The fourth-order valence-corrected chi connectivity index (χ4v) is 8.09. The zero-order valence-electron chi connectivity index (χ0n) is 33.4. The monoisotopic (exact) mass is 720 g/mol. The molecular weight excluding hydrogens is 665 g/mol. The number of pyridine rings is 1. The highest BCUT2D eigenvalue weighted by molar-refractivity contribution is 5.96. The second kappa shape index (κ2) is 17.3. The molecule has 0 saturated heterocycles. The number of rotatable bonds is 9. The molecule has 55 heavy (non-hydrogen) atoms. The van der Waals surface area contributed by atoms with Gasteiger partial charge in [-0.15, -0.1) is 0 Å². The van der Waals surface area contributed by atoms with Crippen LogP contribution in [0.4, 0.5) is 0 Å². The van der Waals surface area contributed by atoms with E-state index in [4.69, 9.17) is 4.98 Å². The van der Waals surface area contributed by atoms with Gasteiger partial charge in [0.25, 0.3) is 0 Å². The third-order valence-corrected chi connectivity index (χ3v) is 11.6. The van der Waals surface area contributed by atoms with Crippen molar-refractivity contribution in [2.75, 3.05) is 0 Å². The molecule has 0 bridgehead atoms. The van der Waals surface area contributed by atoms with E-state index in [9.17, 15) is 0 Å². The third kappa shape index (κ3) is 8.45. The largest absolute Gasteiger partial charge is 0.298 e. The van der Waals surface area contributed by atoms with Crippen molar-refractivity contribution in [3.63, 3.8) is 0 Å². The maximum atomic E-state index is 5.50. The van der Waals surface area contributed by atoms with E-state index >= 15 is 0 Å². The smallest absolute Gasteiger partial charge is 0.138 e. The molecule has 0 spiro atoms. The van der Waals surface area contributed by atoms with E-state index in [0.29, 0.717) is 11.8 Å². The number of fused-ring (bicyclic) bond motifs is 3. The summed E-state index contributed by atoms with van der Waals surface area (Å²) < 4.78 is 2.44. The zero-order chi connectivity index (χ0) is 38.2. The van der Waals surface area contributed by atoms with Crippen molar-refractivity contribution in [1.29, 1.82) is 0 Å². The summed E-state index contributed by atoms with van der Waals surface area (Å²) in [5.41, 5.74) is 12.5. The molecule has 3 aliphatic carbocycles. The average molecular weight is 721 g/mol. The van der Waals surface area contributed by atoms with Crippen LogP contribution in [0.3, 0.4) is 0 Å². The van der Waals surface area contributed by atoms with E-state index < -0.39 is 0 Å². The van der Waals surface area contributed by atoms with Gasteiger partial charge in [-0.3, -0.25) is 4.57 Å². The van der Waals surface area contributed by atoms with Crippen LogP contribution in [-0.2, 0) is 6.42 Å². The molecule has 3 atom stereocenters. The van der Waals surface area contributed by atoms with E-state index in [-0.39, 0.29) is 5.41 Å². The molecule has 0 amide bonds. The highest BCUT2D eigenvalue weighted by Crippen LogP contribution is 2.45. The SMILES string of the molecule is C/C(=C\C(=C/C(C)[C@H]1C=CC=CC1)c1cccc(-n2c3c(c4cc(-c5ccccc5)ccc42)C=C(C2(C)C=CC=CC2)CC3)n1)c1ccccc1.CCCC. The van der Waals surface area contributed by atoms with Gasteiger partial charge in [0.1, 0.15) is 5.82 Å². The van der Waals surface area contributed by atoms with Gasteiger partial charge in [0.15, 0.2) is 0 Å². The number of hydrogen-bond acceptors (Lipinski definition) is 1. The molecule has 2 aromatic heterocycles. The molecule has 278 valence electrons. The van der Waals surface area contributed by atoms with Crippen molar-refractivity contribution in [1.82, 2.24) is 9.55 Å². The third-order valence-electron chi connectivity index (χ3n) is 11.6. The molecule has 8 rings (SSSR count). The first kappa shape index (κ1) is 37.8. The second-order valence-corrected chi connectivity index (χ2v) is 15.6. The fourth-order valence-electron chi connectivity index (χ4n) is 8.09. The normalized spacial score (nSPS) is 19.8. The van der Waals surface area contributed by atoms with Crippen molar-refractivity contribution in [3.8, 4) is 16.9 Å². The van der Waals surface area contributed by atoms with E-state index in [1.54, 1.807) is 0 Å². The number of hydrogen-bond donors (Lipinski definition) is 0. The summed E-state index contributed by atoms with van der Waals surface area (Å²) in [6.07, 6.45) is 32.1. The fraction of sp³-hybridized carbons (Fsp3) is 0.264. The number of allylic oxidation sites excluding steroid dienone is 13. The van der Waals surface area contributed by atoms with E-state index in [1.165, 1.54) is 62.8 Å². The molecule has 3 aliphatic rings. The van der Waals surface area contributed by atoms with Gasteiger partial charge in [0.2, 0.25) is 0 Å². The molecule has 0 N–H and O–H groups in total. The average Bonchev–Trinajstić information content (AvgIpc) is 3.58. The van der Waals surface area contributed by atoms with Gasteiger partial charge in [-0.2, -0.15) is 0 Å². The number of aromatic nitrogens is 2. The van der Waals surface area contributed by atoms with Crippen molar-refractivity contribution >= 4 is 28.1 Å². The maximum Gasteiger partial charge on any atom is 0.138 e. The van der Waals surface area contributed by atoms with Crippen LogP contribution in [-0.4, -0.2) is 9.55 Å². The highest BCUT2D eigenvalue weighted by atomic mass is 15.1. The number of unbranched alkanes of at least 4 members (excludes halogenated alkanes) is 1. The molecule has 0 aliphatic heterocycles. The van der Waals surface area contributed by atoms with Crippen molar-refractivity contribution < 1.29 is 0 Å². The van der Waals surface area contributed by atoms with Crippen LogP contribution in [0.2, 0.25) is 0 Å². The van der Waals surface area contributed by atoms with Crippen LogP contribution >= 0.6 is 0 Å². The van der Waals surface area contributed by atoms with Crippen molar-refractivity contribution in [2.24, 2.45) is 17.3 Å². The molecular formula is C53H56N2. The summed E-state index contributed by atoms with van der Waals surface area (Å²) in [6, 6.07) is 35.0. The van der Waals surface area contributed by atoms with Gasteiger partial charge < -0.3 is 0 Å². The Balaban J connectivity index is 0.00000111. The molecule has 0 radical (unpaired) electrons. The zero-order valence-corrected chi connectivity index (χ0v) is 33.4. The predicted molar refractivity (Wildman–Crippen MR) is 238 cm³/mol. The van der Waals surface area contributed by atoms with E-state index in [0.717, 1.165) is 42.8 Å². The Morgan fingerprint density at radius 2 is 1.60 bits per heavy atom. The topological polar surface area (TPSA) is 17.8 Å². The van der Waals surface area contributed by atoms with Crippen LogP contribution in [0, 0.1) is 17.3 Å². The summed E-state index contributed by atoms with van der Waals surface area (Å²) in [6.45, 7) is 11.3. The highest BCUT2D eigenvalue weighted by Gasteiger charge is 2.31. The Hall–Kier alpha value is -5.47. The first-order valence-electron chi connectivity index (χ1n) is 20.4. The van der Waals surface area contributed by atoms with Crippen LogP contribution in [0.5, 0.6) is 0 Å². The Bertz CT molecular complexity index is 2320. The van der Waals surface area contributed by atoms with Gasteiger partial charge >= 0.3 is 0 Å². The standard InChI is InChI=1S/C49H46N2.C4H10/c1-35(37-17-8-4-9-18-37)31-41(32-36(2)38-19-10-5-11-20-38)45-23-16-24-48(50-45)51-46-27-25-40(39-21-12-6-13-22-39)33-43(46)44-34-42(26-28-47(44)51)49(3)29-14-7-15-30-49;1-3-4-2/h4-19,21-25,27,29,31-34,36,38H,20,26,28,30H2,1-3H3;3-4H2,1-2H3/b35-31+,41-32+;/t36?,38-,49?;/m0./s1. The second-order valence-electron chi connectivity index (χ2n) is 15.6. The van der Waals surface area contributed by atoms with Crippen molar-refractivity contribution in [2.45, 2.75) is 73.1 Å². The molecule has 2 unspecified atom stereocenters. The summed E-state index contributed by atoms with van der Waals surface area (Å²) in [4.78, 5) is 5.50. The lowest BCUT2D eigenvalue weighted by atomic mass is 9.73. The lowest BCUT2D eigenvalue weighted by Gasteiger charge is -2.32. The molecule has 0 saturated carbocycles. The molecule has 5 aromatic rings.